The van der Waals surface area contributed by atoms with E-state index < -0.39 is 5.97 Å². The van der Waals surface area contributed by atoms with Gasteiger partial charge in [-0.3, -0.25) is 0 Å². The van der Waals surface area contributed by atoms with E-state index in [0.717, 1.165) is 66.1 Å². The van der Waals surface area contributed by atoms with Gasteiger partial charge in [0.25, 0.3) is 0 Å². The van der Waals surface area contributed by atoms with Gasteiger partial charge in [-0.1, -0.05) is 28.9 Å². The van der Waals surface area contributed by atoms with Gasteiger partial charge < -0.3 is 19.3 Å². The van der Waals surface area contributed by atoms with E-state index in [9.17, 15) is 4.79 Å². The molecule has 34 heavy (non-hydrogen) atoms. The van der Waals surface area contributed by atoms with Crippen molar-refractivity contribution < 1.29 is 19.2 Å². The van der Waals surface area contributed by atoms with Gasteiger partial charge in [-0.2, -0.15) is 0 Å². The van der Waals surface area contributed by atoms with Crippen molar-refractivity contribution in [1.82, 2.24) is 5.16 Å². The Bertz CT molecular complexity index is 1210. The molecule has 0 unspecified atom stereocenters. The van der Waals surface area contributed by atoms with E-state index in [1.54, 1.807) is 12.1 Å². The minimum atomic E-state index is -0.895. The van der Waals surface area contributed by atoms with Crippen molar-refractivity contribution >= 4 is 23.3 Å². The molecule has 0 radical (unpaired) electrons. The number of hydrogen-bond acceptors (Lipinski definition) is 5. The molecule has 2 saturated carbocycles. The Morgan fingerprint density at radius 3 is 2.65 bits per heavy atom. The number of anilines is 1. The molecule has 6 nitrogen and oxygen atoms in total. The lowest BCUT2D eigenvalue weighted by atomic mass is 10.00. The molecule has 1 aliphatic heterocycles. The first-order valence-corrected chi connectivity index (χ1v) is 12.3. The zero-order valence-electron chi connectivity index (χ0n) is 19.0. The summed E-state index contributed by atoms with van der Waals surface area (Å²) in [6.07, 6.45) is 4.53. The van der Waals surface area contributed by atoms with E-state index in [2.05, 4.69) is 10.1 Å². The molecule has 2 aliphatic carbocycles. The summed E-state index contributed by atoms with van der Waals surface area (Å²) in [6, 6.07) is 13.5. The van der Waals surface area contributed by atoms with Crippen molar-refractivity contribution in [2.24, 2.45) is 5.92 Å². The summed E-state index contributed by atoms with van der Waals surface area (Å²) in [4.78, 5) is 13.5. The number of carbonyl (C=O) groups is 1. The third kappa shape index (κ3) is 3.79. The fraction of sp³-hybridized carbons (Fsp3) is 0.407. The molecular formula is C27H27ClN2O4. The fourth-order valence-corrected chi connectivity index (χ4v) is 5.98. The van der Waals surface area contributed by atoms with Gasteiger partial charge in [-0.25, -0.2) is 4.79 Å². The second-order valence-electron chi connectivity index (χ2n) is 9.82. The molecule has 1 saturated heterocycles. The summed E-state index contributed by atoms with van der Waals surface area (Å²) >= 11 is 6.56. The van der Waals surface area contributed by atoms with Crippen LogP contribution in [0.25, 0.3) is 11.3 Å². The third-order valence-electron chi connectivity index (χ3n) is 7.59. The summed E-state index contributed by atoms with van der Waals surface area (Å²) in [6.45, 7) is 3.46. The van der Waals surface area contributed by atoms with E-state index in [1.807, 2.05) is 37.3 Å². The highest BCUT2D eigenvalue weighted by atomic mass is 35.5. The van der Waals surface area contributed by atoms with Crippen LogP contribution >= 0.6 is 11.6 Å². The minimum absolute atomic E-state index is 0.196. The molecule has 3 aromatic rings. The molecule has 1 N–H and O–H groups in total. The van der Waals surface area contributed by atoms with Crippen LogP contribution in [-0.2, 0) is 11.3 Å². The molecule has 2 bridgehead atoms. The van der Waals surface area contributed by atoms with Gasteiger partial charge in [0, 0.05) is 41.2 Å². The maximum Gasteiger partial charge on any atom is 0.335 e. The number of nitrogens with zero attached hydrogens (tertiary/aromatic N) is 2. The number of fused-ring (bicyclic) bond motifs is 2. The normalized spacial score (nSPS) is 23.6. The topological polar surface area (TPSA) is 75.8 Å². The minimum Gasteiger partial charge on any atom is -0.478 e. The number of aromatic nitrogens is 1. The molecule has 0 spiro atoms. The number of benzene rings is 2. The Balaban J connectivity index is 1.17. The highest BCUT2D eigenvalue weighted by Crippen LogP contribution is 2.47. The highest BCUT2D eigenvalue weighted by molar-refractivity contribution is 6.33. The largest absolute Gasteiger partial charge is 0.478 e. The molecule has 0 amide bonds. The van der Waals surface area contributed by atoms with Crippen molar-refractivity contribution in [2.45, 2.75) is 57.3 Å². The lowest BCUT2D eigenvalue weighted by Gasteiger charge is -2.33. The molecule has 7 heteroatoms. The first-order chi connectivity index (χ1) is 16.5. The van der Waals surface area contributed by atoms with Crippen LogP contribution in [0.5, 0.6) is 0 Å². The van der Waals surface area contributed by atoms with Crippen molar-refractivity contribution in [3.8, 4) is 11.3 Å². The van der Waals surface area contributed by atoms with Gasteiger partial charge in [-0.05, 0) is 68.5 Å². The molecule has 2 heterocycles. The number of rotatable bonds is 7. The van der Waals surface area contributed by atoms with E-state index in [0.29, 0.717) is 35.1 Å². The number of ether oxygens (including phenoxy) is 1. The van der Waals surface area contributed by atoms with E-state index >= 15 is 0 Å². The molecule has 3 fully saturated rings. The summed E-state index contributed by atoms with van der Waals surface area (Å²) in [5.41, 5.74) is 5.27. The first-order valence-electron chi connectivity index (χ1n) is 11.9. The molecule has 2 aromatic carbocycles. The summed E-state index contributed by atoms with van der Waals surface area (Å²) in [5, 5.41) is 14.3. The average molecular weight is 479 g/mol. The number of aromatic carboxylic acids is 1. The number of halogens is 1. The molecule has 176 valence electrons. The molecule has 6 rings (SSSR count). The van der Waals surface area contributed by atoms with Crippen LogP contribution in [0, 0.1) is 12.8 Å². The number of carboxylic acid groups (broad SMARTS) is 1. The summed E-state index contributed by atoms with van der Waals surface area (Å²) in [7, 11) is 0. The quantitative estimate of drug-likeness (QED) is 0.444. The number of carboxylic acids is 1. The zero-order chi connectivity index (χ0) is 23.4. The molecule has 1 aromatic heterocycles. The number of piperidine rings is 1. The van der Waals surface area contributed by atoms with Crippen molar-refractivity contribution in [1.29, 1.82) is 0 Å². The molecule has 3 aliphatic rings. The smallest absolute Gasteiger partial charge is 0.335 e. The van der Waals surface area contributed by atoms with Crippen LogP contribution < -0.4 is 4.90 Å². The van der Waals surface area contributed by atoms with Crippen LogP contribution in [0.2, 0.25) is 5.02 Å². The highest BCUT2D eigenvalue weighted by Gasteiger charge is 2.45. The zero-order valence-corrected chi connectivity index (χ0v) is 19.8. The van der Waals surface area contributed by atoms with Crippen molar-refractivity contribution in [3.05, 3.63) is 69.9 Å². The number of aryl methyl sites for hydroxylation is 1. The Morgan fingerprint density at radius 1 is 1.21 bits per heavy atom. The molecular weight excluding hydrogens is 452 g/mol. The predicted octanol–water partition coefficient (Wildman–Crippen LogP) is 6.06. The monoisotopic (exact) mass is 478 g/mol. The van der Waals surface area contributed by atoms with Crippen LogP contribution in [0.3, 0.4) is 0 Å². The van der Waals surface area contributed by atoms with E-state index in [-0.39, 0.29) is 6.10 Å². The summed E-state index contributed by atoms with van der Waals surface area (Å²) in [5.74, 6) is 0.956. The van der Waals surface area contributed by atoms with Crippen LogP contribution in [0.4, 0.5) is 5.69 Å². The standard InChI is InChI=1S/C27H27ClN2O4/c1-15-3-2-4-22(28)24(15)25-21(26(34-29-25)16-5-6-16)14-33-23-12-20-11-18(23)13-30(20)19-9-7-17(8-10-19)27(31)32/h2-4,7-10,16,18,20,23H,5-6,11-14H2,1H3,(H,31,32)/t18-,20-,23+/m0/s1. The summed E-state index contributed by atoms with van der Waals surface area (Å²) < 4.78 is 12.4. The van der Waals surface area contributed by atoms with Crippen LogP contribution in [-0.4, -0.2) is 34.9 Å². The Morgan fingerprint density at radius 2 is 2.00 bits per heavy atom. The molecule has 3 atom stereocenters. The lowest BCUT2D eigenvalue weighted by Crippen LogP contribution is -2.38. The maximum atomic E-state index is 11.1. The second kappa shape index (κ2) is 8.43. The SMILES string of the molecule is Cc1cccc(Cl)c1-c1noc(C2CC2)c1CO[C@@H]1C[C@@H]2C[C@H]1CN2c1ccc(C(=O)O)cc1. The van der Waals surface area contributed by atoms with E-state index in [4.69, 9.17) is 26.0 Å². The Labute approximate surface area is 203 Å². The van der Waals surface area contributed by atoms with Crippen LogP contribution in [0.1, 0.15) is 58.8 Å². The third-order valence-corrected chi connectivity index (χ3v) is 7.91. The van der Waals surface area contributed by atoms with Crippen molar-refractivity contribution in [3.63, 3.8) is 0 Å². The van der Waals surface area contributed by atoms with Gasteiger partial charge in [-0.15, -0.1) is 0 Å². The number of hydrogen-bond donors (Lipinski definition) is 1. The lowest BCUT2D eigenvalue weighted by molar-refractivity contribution is 0.0122. The van der Waals surface area contributed by atoms with E-state index in [1.165, 1.54) is 0 Å². The van der Waals surface area contributed by atoms with Gasteiger partial charge in [0.2, 0.25) is 0 Å². The van der Waals surface area contributed by atoms with Crippen molar-refractivity contribution in [2.75, 3.05) is 11.4 Å². The predicted molar refractivity (Wildman–Crippen MR) is 129 cm³/mol. The first kappa shape index (κ1) is 21.7. The maximum absolute atomic E-state index is 11.1. The average Bonchev–Trinajstić information content (AvgIpc) is 3.28. The Hall–Kier alpha value is -2.83. The fourth-order valence-electron chi connectivity index (χ4n) is 5.67. The van der Waals surface area contributed by atoms with Gasteiger partial charge >= 0.3 is 5.97 Å². The Kier molecular flexibility index (Phi) is 5.38. The van der Waals surface area contributed by atoms with Gasteiger partial charge in [0.05, 0.1) is 23.3 Å². The van der Waals surface area contributed by atoms with Gasteiger partial charge in [0.1, 0.15) is 11.5 Å². The van der Waals surface area contributed by atoms with Crippen LogP contribution in [0.15, 0.2) is 47.0 Å². The second-order valence-corrected chi connectivity index (χ2v) is 10.2. The van der Waals surface area contributed by atoms with Gasteiger partial charge in [0.15, 0.2) is 0 Å².